The highest BCUT2D eigenvalue weighted by Gasteiger charge is 2.15. The Balaban J connectivity index is 2.61. The standard InChI is InChI=1S/C13H22ClN5O2/c1-4-5-16-13-17-8-10(14)11(19-13)18-9(2)12(20)15-6-7-21-3/h8-9H,4-7H2,1-3H3,(H,15,20)(H2,16,17,18,19). The van der Waals surface area contributed by atoms with Crippen LogP contribution in [-0.2, 0) is 9.53 Å². The summed E-state index contributed by atoms with van der Waals surface area (Å²) in [5.74, 6) is 0.764. The smallest absolute Gasteiger partial charge is 0.242 e. The minimum atomic E-state index is -0.465. The molecule has 1 unspecified atom stereocenters. The van der Waals surface area contributed by atoms with Gasteiger partial charge in [0.25, 0.3) is 0 Å². The Morgan fingerprint density at radius 3 is 2.90 bits per heavy atom. The Kier molecular flexibility index (Phi) is 7.78. The highest BCUT2D eigenvalue weighted by atomic mass is 35.5. The first-order valence-electron chi connectivity index (χ1n) is 6.88. The lowest BCUT2D eigenvalue weighted by Crippen LogP contribution is -2.39. The molecule has 1 rings (SSSR count). The molecular weight excluding hydrogens is 294 g/mol. The zero-order chi connectivity index (χ0) is 15.7. The molecule has 0 aliphatic rings. The van der Waals surface area contributed by atoms with E-state index in [1.807, 2.05) is 0 Å². The van der Waals surface area contributed by atoms with Gasteiger partial charge in [-0.25, -0.2) is 4.98 Å². The summed E-state index contributed by atoms with van der Waals surface area (Å²) >= 11 is 6.04. The highest BCUT2D eigenvalue weighted by Crippen LogP contribution is 2.20. The van der Waals surface area contributed by atoms with E-state index in [0.29, 0.717) is 29.9 Å². The molecule has 118 valence electrons. The van der Waals surface area contributed by atoms with Gasteiger partial charge in [-0.1, -0.05) is 18.5 Å². The van der Waals surface area contributed by atoms with Crippen molar-refractivity contribution in [1.29, 1.82) is 0 Å². The van der Waals surface area contributed by atoms with Crippen molar-refractivity contribution in [2.24, 2.45) is 0 Å². The van der Waals surface area contributed by atoms with Gasteiger partial charge < -0.3 is 20.7 Å². The maximum atomic E-state index is 11.9. The van der Waals surface area contributed by atoms with Crippen LogP contribution >= 0.6 is 11.6 Å². The minimum Gasteiger partial charge on any atom is -0.383 e. The fourth-order valence-corrected chi connectivity index (χ4v) is 1.64. The van der Waals surface area contributed by atoms with E-state index in [1.165, 1.54) is 6.20 Å². The zero-order valence-electron chi connectivity index (χ0n) is 12.6. The monoisotopic (exact) mass is 315 g/mol. The Bertz CT molecular complexity index is 458. The average Bonchev–Trinajstić information content (AvgIpc) is 2.48. The van der Waals surface area contributed by atoms with Crippen molar-refractivity contribution >= 4 is 29.3 Å². The van der Waals surface area contributed by atoms with E-state index < -0.39 is 6.04 Å². The van der Waals surface area contributed by atoms with Crippen LogP contribution in [0.4, 0.5) is 11.8 Å². The van der Waals surface area contributed by atoms with Gasteiger partial charge in [-0.05, 0) is 13.3 Å². The summed E-state index contributed by atoms with van der Waals surface area (Å²) in [6.07, 6.45) is 2.47. The molecule has 0 spiro atoms. The van der Waals surface area contributed by atoms with Crippen molar-refractivity contribution in [2.75, 3.05) is 37.4 Å². The van der Waals surface area contributed by atoms with E-state index in [-0.39, 0.29) is 5.91 Å². The van der Waals surface area contributed by atoms with Gasteiger partial charge in [0.1, 0.15) is 11.1 Å². The van der Waals surface area contributed by atoms with Gasteiger partial charge in [0.2, 0.25) is 11.9 Å². The van der Waals surface area contributed by atoms with Gasteiger partial charge in [0, 0.05) is 20.2 Å². The number of halogens is 1. The number of aromatic nitrogens is 2. The number of ether oxygens (including phenoxy) is 1. The average molecular weight is 316 g/mol. The van der Waals surface area contributed by atoms with Crippen molar-refractivity contribution in [1.82, 2.24) is 15.3 Å². The molecule has 7 nitrogen and oxygen atoms in total. The molecule has 1 amide bonds. The summed E-state index contributed by atoms with van der Waals surface area (Å²) in [5.41, 5.74) is 0. The lowest BCUT2D eigenvalue weighted by atomic mass is 10.3. The van der Waals surface area contributed by atoms with Crippen molar-refractivity contribution in [3.63, 3.8) is 0 Å². The number of anilines is 2. The molecule has 0 fully saturated rings. The predicted molar refractivity (Wildman–Crippen MR) is 83.8 cm³/mol. The number of rotatable bonds is 9. The van der Waals surface area contributed by atoms with Crippen LogP contribution in [0.25, 0.3) is 0 Å². The SMILES string of the molecule is CCCNc1ncc(Cl)c(NC(C)C(=O)NCCOC)n1. The Hall–Kier alpha value is -1.60. The van der Waals surface area contributed by atoms with Crippen LogP contribution in [0.3, 0.4) is 0 Å². The number of hydrogen-bond donors (Lipinski definition) is 3. The molecule has 0 aliphatic carbocycles. The third-order valence-electron chi connectivity index (χ3n) is 2.63. The third-order valence-corrected chi connectivity index (χ3v) is 2.91. The first-order valence-corrected chi connectivity index (χ1v) is 7.25. The van der Waals surface area contributed by atoms with Crippen LogP contribution < -0.4 is 16.0 Å². The van der Waals surface area contributed by atoms with Crippen molar-refractivity contribution in [2.45, 2.75) is 26.3 Å². The van der Waals surface area contributed by atoms with Gasteiger partial charge in [-0.2, -0.15) is 4.98 Å². The Labute approximate surface area is 129 Å². The maximum absolute atomic E-state index is 11.9. The normalized spacial score (nSPS) is 11.8. The van der Waals surface area contributed by atoms with Gasteiger partial charge in [0.15, 0.2) is 5.82 Å². The van der Waals surface area contributed by atoms with E-state index in [4.69, 9.17) is 16.3 Å². The Morgan fingerprint density at radius 1 is 1.48 bits per heavy atom. The van der Waals surface area contributed by atoms with E-state index in [0.717, 1.165) is 13.0 Å². The third kappa shape index (κ3) is 6.14. The molecule has 1 aromatic heterocycles. The summed E-state index contributed by atoms with van der Waals surface area (Å²) in [6.45, 7) is 5.49. The lowest BCUT2D eigenvalue weighted by Gasteiger charge is -2.16. The molecule has 8 heteroatoms. The molecule has 0 aliphatic heterocycles. The fraction of sp³-hybridized carbons (Fsp3) is 0.615. The van der Waals surface area contributed by atoms with Crippen LogP contribution in [0.5, 0.6) is 0 Å². The summed E-state index contributed by atoms with van der Waals surface area (Å²) in [6, 6.07) is -0.465. The van der Waals surface area contributed by atoms with E-state index >= 15 is 0 Å². The van der Waals surface area contributed by atoms with E-state index in [9.17, 15) is 4.79 Å². The van der Waals surface area contributed by atoms with Crippen LogP contribution in [0.15, 0.2) is 6.20 Å². The molecule has 21 heavy (non-hydrogen) atoms. The largest absolute Gasteiger partial charge is 0.383 e. The summed E-state index contributed by atoms with van der Waals surface area (Å²) in [4.78, 5) is 20.2. The number of carbonyl (C=O) groups excluding carboxylic acids is 1. The second-order valence-electron chi connectivity index (χ2n) is 4.47. The van der Waals surface area contributed by atoms with Crippen LogP contribution in [0.2, 0.25) is 5.02 Å². The molecule has 0 saturated carbocycles. The first-order chi connectivity index (χ1) is 10.1. The quantitative estimate of drug-likeness (QED) is 0.599. The Morgan fingerprint density at radius 2 is 2.24 bits per heavy atom. The predicted octanol–water partition coefficient (Wildman–Crippen LogP) is 1.51. The molecule has 0 saturated heterocycles. The van der Waals surface area contributed by atoms with Crippen molar-refractivity contribution in [3.05, 3.63) is 11.2 Å². The molecule has 3 N–H and O–H groups in total. The minimum absolute atomic E-state index is 0.148. The van der Waals surface area contributed by atoms with E-state index in [1.54, 1.807) is 14.0 Å². The second-order valence-corrected chi connectivity index (χ2v) is 4.87. The van der Waals surface area contributed by atoms with Crippen molar-refractivity contribution in [3.8, 4) is 0 Å². The van der Waals surface area contributed by atoms with Crippen LogP contribution in [0, 0.1) is 0 Å². The number of hydrogen-bond acceptors (Lipinski definition) is 6. The number of carbonyl (C=O) groups is 1. The second kappa shape index (κ2) is 9.36. The molecule has 1 aromatic rings. The van der Waals surface area contributed by atoms with Gasteiger partial charge in [0.05, 0.1) is 12.8 Å². The van der Waals surface area contributed by atoms with Gasteiger partial charge in [-0.15, -0.1) is 0 Å². The molecule has 0 aromatic carbocycles. The first kappa shape index (κ1) is 17.5. The number of methoxy groups -OCH3 is 1. The van der Waals surface area contributed by atoms with Crippen LogP contribution in [-0.4, -0.2) is 48.7 Å². The maximum Gasteiger partial charge on any atom is 0.242 e. The zero-order valence-corrected chi connectivity index (χ0v) is 13.3. The fourth-order valence-electron chi connectivity index (χ4n) is 1.49. The molecule has 0 radical (unpaired) electrons. The van der Waals surface area contributed by atoms with Gasteiger partial charge >= 0.3 is 0 Å². The van der Waals surface area contributed by atoms with Crippen LogP contribution in [0.1, 0.15) is 20.3 Å². The van der Waals surface area contributed by atoms with E-state index in [2.05, 4.69) is 32.8 Å². The van der Waals surface area contributed by atoms with Gasteiger partial charge in [-0.3, -0.25) is 4.79 Å². The molecule has 1 atom stereocenters. The number of amides is 1. The molecule has 0 bridgehead atoms. The molecular formula is C13H22ClN5O2. The summed E-state index contributed by atoms with van der Waals surface area (Å²) < 4.78 is 4.88. The summed E-state index contributed by atoms with van der Waals surface area (Å²) in [7, 11) is 1.58. The molecule has 1 heterocycles. The number of nitrogens with one attached hydrogen (secondary N) is 3. The highest BCUT2D eigenvalue weighted by molar-refractivity contribution is 6.32. The number of nitrogens with zero attached hydrogens (tertiary/aromatic N) is 2. The van der Waals surface area contributed by atoms with Crippen molar-refractivity contribution < 1.29 is 9.53 Å². The topological polar surface area (TPSA) is 88.2 Å². The summed E-state index contributed by atoms with van der Waals surface area (Å²) in [5, 5.41) is 9.16. The lowest BCUT2D eigenvalue weighted by molar-refractivity contribution is -0.121.